The van der Waals surface area contributed by atoms with Crippen molar-refractivity contribution in [3.63, 3.8) is 0 Å². The second-order valence-electron chi connectivity index (χ2n) is 4.81. The van der Waals surface area contributed by atoms with Crippen LogP contribution in [0, 0.1) is 11.3 Å². The molecule has 0 radical (unpaired) electrons. The minimum Gasteiger partial charge on any atom is -0.369 e. The number of hydrogen-bond donors (Lipinski definition) is 2. The molecule has 0 atom stereocenters. The fraction of sp³-hybridized carbons (Fsp3) is 0.267. The van der Waals surface area contributed by atoms with E-state index >= 15 is 0 Å². The maximum absolute atomic E-state index is 8.89. The van der Waals surface area contributed by atoms with E-state index in [-0.39, 0.29) is 0 Å². The smallest absolute Gasteiger partial charge is 0.229 e. The number of hydrogen-bond acceptors (Lipinski definition) is 6. The highest BCUT2D eigenvalue weighted by Gasteiger charge is 2.01. The number of benzene rings is 1. The van der Waals surface area contributed by atoms with Crippen molar-refractivity contribution in [2.75, 3.05) is 37.8 Å². The molecule has 0 aliphatic carbocycles. The van der Waals surface area contributed by atoms with Crippen LogP contribution in [0.15, 0.2) is 36.5 Å². The van der Waals surface area contributed by atoms with Crippen LogP contribution in [0.3, 0.4) is 0 Å². The standard InChI is InChI=1S/C15H18N6/c1-21(2)9-8-17-14-6-7-18-15(20-14)19-13-5-3-4-12(10-13)11-16/h3-7,10H,8-9H2,1-2H3,(H2,17,18,19,20). The number of aromatic nitrogens is 2. The van der Waals surface area contributed by atoms with Crippen molar-refractivity contribution in [1.29, 1.82) is 5.26 Å². The molecule has 6 nitrogen and oxygen atoms in total. The molecule has 1 heterocycles. The van der Waals surface area contributed by atoms with Crippen LogP contribution in [0.5, 0.6) is 0 Å². The van der Waals surface area contributed by atoms with Crippen LogP contribution in [0.4, 0.5) is 17.5 Å². The maximum Gasteiger partial charge on any atom is 0.229 e. The first-order chi connectivity index (χ1) is 10.2. The van der Waals surface area contributed by atoms with Gasteiger partial charge in [0.1, 0.15) is 5.82 Å². The van der Waals surface area contributed by atoms with E-state index in [1.165, 1.54) is 0 Å². The van der Waals surface area contributed by atoms with Gasteiger partial charge in [0.25, 0.3) is 0 Å². The molecule has 0 unspecified atom stereocenters. The number of rotatable bonds is 6. The van der Waals surface area contributed by atoms with Crippen LogP contribution in [0.1, 0.15) is 5.56 Å². The Labute approximate surface area is 124 Å². The Morgan fingerprint density at radius 1 is 1.29 bits per heavy atom. The molecule has 2 N–H and O–H groups in total. The fourth-order valence-electron chi connectivity index (χ4n) is 1.72. The van der Waals surface area contributed by atoms with Crippen molar-refractivity contribution in [3.05, 3.63) is 42.1 Å². The third-order valence-corrected chi connectivity index (χ3v) is 2.77. The highest BCUT2D eigenvalue weighted by molar-refractivity contribution is 5.57. The Kier molecular flexibility index (Phi) is 5.07. The normalized spacial score (nSPS) is 10.2. The lowest BCUT2D eigenvalue weighted by molar-refractivity contribution is 0.425. The minimum atomic E-state index is 0.500. The van der Waals surface area contributed by atoms with Crippen LogP contribution in [-0.2, 0) is 0 Å². The molecule has 2 aromatic rings. The highest BCUT2D eigenvalue weighted by atomic mass is 15.1. The molecule has 108 valence electrons. The average molecular weight is 282 g/mol. The van der Waals surface area contributed by atoms with Gasteiger partial charge >= 0.3 is 0 Å². The molecule has 0 amide bonds. The summed E-state index contributed by atoms with van der Waals surface area (Å²) < 4.78 is 0. The molecular weight excluding hydrogens is 264 g/mol. The molecule has 0 aliphatic heterocycles. The van der Waals surface area contributed by atoms with Crippen LogP contribution in [-0.4, -0.2) is 42.1 Å². The van der Waals surface area contributed by atoms with Gasteiger partial charge in [-0.1, -0.05) is 6.07 Å². The van der Waals surface area contributed by atoms with Crippen molar-refractivity contribution >= 4 is 17.5 Å². The third kappa shape index (κ3) is 4.75. The zero-order valence-corrected chi connectivity index (χ0v) is 12.2. The zero-order valence-electron chi connectivity index (χ0n) is 12.2. The molecule has 0 aliphatic rings. The minimum absolute atomic E-state index is 0.500. The predicted molar refractivity (Wildman–Crippen MR) is 83.5 cm³/mol. The maximum atomic E-state index is 8.89. The Hall–Kier alpha value is -2.65. The molecular formula is C15H18N6. The SMILES string of the molecule is CN(C)CCNc1ccnc(Nc2cccc(C#N)c2)n1. The van der Waals surface area contributed by atoms with Gasteiger partial charge < -0.3 is 15.5 Å². The van der Waals surface area contributed by atoms with E-state index in [0.717, 1.165) is 24.6 Å². The molecule has 21 heavy (non-hydrogen) atoms. The van der Waals surface area contributed by atoms with Gasteiger partial charge in [-0.05, 0) is 38.4 Å². The van der Waals surface area contributed by atoms with E-state index in [0.29, 0.717) is 11.5 Å². The summed E-state index contributed by atoms with van der Waals surface area (Å²) in [5.41, 5.74) is 1.39. The summed E-state index contributed by atoms with van der Waals surface area (Å²) in [5, 5.41) is 15.2. The van der Waals surface area contributed by atoms with E-state index in [2.05, 4.69) is 31.6 Å². The van der Waals surface area contributed by atoms with Gasteiger partial charge in [0.05, 0.1) is 11.6 Å². The Morgan fingerprint density at radius 3 is 2.90 bits per heavy atom. The van der Waals surface area contributed by atoms with E-state index < -0.39 is 0 Å². The molecule has 0 saturated carbocycles. The Bertz CT molecular complexity index is 632. The van der Waals surface area contributed by atoms with Crippen molar-refractivity contribution < 1.29 is 0 Å². The largest absolute Gasteiger partial charge is 0.369 e. The van der Waals surface area contributed by atoms with Gasteiger partial charge in [0.15, 0.2) is 0 Å². The fourth-order valence-corrected chi connectivity index (χ4v) is 1.72. The van der Waals surface area contributed by atoms with E-state index in [9.17, 15) is 0 Å². The summed E-state index contributed by atoms with van der Waals surface area (Å²) in [7, 11) is 4.05. The van der Waals surface area contributed by atoms with E-state index in [1.54, 1.807) is 18.3 Å². The second kappa shape index (κ2) is 7.22. The lowest BCUT2D eigenvalue weighted by Crippen LogP contribution is -2.21. The Morgan fingerprint density at radius 2 is 2.14 bits per heavy atom. The summed E-state index contributed by atoms with van der Waals surface area (Å²) >= 11 is 0. The van der Waals surface area contributed by atoms with Crippen molar-refractivity contribution in [2.45, 2.75) is 0 Å². The van der Waals surface area contributed by atoms with Gasteiger partial charge in [0.2, 0.25) is 5.95 Å². The van der Waals surface area contributed by atoms with Crippen LogP contribution >= 0.6 is 0 Å². The Balaban J connectivity index is 2.02. The molecule has 0 spiro atoms. The third-order valence-electron chi connectivity index (χ3n) is 2.77. The van der Waals surface area contributed by atoms with E-state index in [1.807, 2.05) is 32.3 Å². The summed E-state index contributed by atoms with van der Waals surface area (Å²) in [5.74, 6) is 1.27. The lowest BCUT2D eigenvalue weighted by atomic mass is 10.2. The van der Waals surface area contributed by atoms with Crippen molar-refractivity contribution in [2.24, 2.45) is 0 Å². The second-order valence-corrected chi connectivity index (χ2v) is 4.81. The average Bonchev–Trinajstić information content (AvgIpc) is 2.47. The first-order valence-corrected chi connectivity index (χ1v) is 6.66. The quantitative estimate of drug-likeness (QED) is 0.844. The van der Waals surface area contributed by atoms with E-state index in [4.69, 9.17) is 5.26 Å². The number of nitriles is 1. The van der Waals surface area contributed by atoms with Gasteiger partial charge in [0, 0.05) is 25.0 Å². The lowest BCUT2D eigenvalue weighted by Gasteiger charge is -2.11. The topological polar surface area (TPSA) is 76.9 Å². The molecule has 0 saturated heterocycles. The van der Waals surface area contributed by atoms with Gasteiger partial charge in [-0.25, -0.2) is 4.98 Å². The number of anilines is 3. The van der Waals surface area contributed by atoms with Crippen LogP contribution in [0.2, 0.25) is 0 Å². The highest BCUT2D eigenvalue weighted by Crippen LogP contribution is 2.15. The summed E-state index contributed by atoms with van der Waals surface area (Å²) in [4.78, 5) is 10.7. The zero-order chi connectivity index (χ0) is 15.1. The van der Waals surface area contributed by atoms with Crippen LogP contribution < -0.4 is 10.6 Å². The molecule has 0 bridgehead atoms. The van der Waals surface area contributed by atoms with Crippen molar-refractivity contribution in [1.82, 2.24) is 14.9 Å². The monoisotopic (exact) mass is 282 g/mol. The van der Waals surface area contributed by atoms with Gasteiger partial charge in [-0.3, -0.25) is 0 Å². The number of nitrogens with zero attached hydrogens (tertiary/aromatic N) is 4. The van der Waals surface area contributed by atoms with Crippen molar-refractivity contribution in [3.8, 4) is 6.07 Å². The van der Waals surface area contributed by atoms with Gasteiger partial charge in [-0.2, -0.15) is 10.2 Å². The summed E-state index contributed by atoms with van der Waals surface area (Å²) in [6, 6.07) is 11.1. The van der Waals surface area contributed by atoms with Crippen LogP contribution in [0.25, 0.3) is 0 Å². The first kappa shape index (κ1) is 14.8. The first-order valence-electron chi connectivity index (χ1n) is 6.66. The molecule has 6 heteroatoms. The molecule has 0 fully saturated rings. The molecule has 2 rings (SSSR count). The number of nitrogens with one attached hydrogen (secondary N) is 2. The molecule has 1 aromatic heterocycles. The summed E-state index contributed by atoms with van der Waals surface area (Å²) in [6.45, 7) is 1.74. The van der Waals surface area contributed by atoms with Gasteiger partial charge in [-0.15, -0.1) is 0 Å². The predicted octanol–water partition coefficient (Wildman–Crippen LogP) is 2.07. The molecule has 1 aromatic carbocycles. The number of likely N-dealkylation sites (N-methyl/N-ethyl adjacent to an activating group) is 1. The summed E-state index contributed by atoms with van der Waals surface area (Å²) in [6.07, 6.45) is 1.70.